The Morgan fingerprint density at radius 3 is 2.64 bits per heavy atom. The largest absolute Gasteiger partial charge is 0.325 e. The standard InChI is InChI=1S/C17H20N2O3/c1-16(2,3)13(20)10-19-14(21)17(18-15(19)22)9-8-11-6-4-5-7-12(11)17/h4-7H,8-10H2,1-3H3,(H,18,22)/t17-/m0/s1. The molecule has 1 spiro atoms. The van der Waals surface area contributed by atoms with E-state index in [1.807, 2.05) is 24.3 Å². The Morgan fingerprint density at radius 1 is 1.27 bits per heavy atom. The van der Waals surface area contributed by atoms with Crippen molar-refractivity contribution in [3.05, 3.63) is 35.4 Å². The van der Waals surface area contributed by atoms with Gasteiger partial charge in [0.25, 0.3) is 5.91 Å². The monoisotopic (exact) mass is 300 g/mol. The molecule has 1 aliphatic heterocycles. The zero-order chi connectivity index (χ0) is 16.1. The number of hydrogen-bond acceptors (Lipinski definition) is 3. The van der Waals surface area contributed by atoms with E-state index in [1.54, 1.807) is 20.8 Å². The van der Waals surface area contributed by atoms with E-state index in [0.29, 0.717) is 6.42 Å². The molecule has 1 aromatic rings. The third-order valence-corrected chi connectivity index (χ3v) is 4.56. The quantitative estimate of drug-likeness (QED) is 0.849. The summed E-state index contributed by atoms with van der Waals surface area (Å²) in [5.74, 6) is -0.431. The lowest BCUT2D eigenvalue weighted by molar-refractivity contribution is -0.136. The molecule has 1 heterocycles. The lowest BCUT2D eigenvalue weighted by atomic mass is 9.89. The van der Waals surface area contributed by atoms with Gasteiger partial charge in [-0.1, -0.05) is 45.0 Å². The van der Waals surface area contributed by atoms with Crippen molar-refractivity contribution in [1.29, 1.82) is 0 Å². The highest BCUT2D eigenvalue weighted by Gasteiger charge is 2.55. The SMILES string of the molecule is CC(C)(C)C(=O)CN1C(=O)N[C@]2(CCc3ccccc32)C1=O. The number of imide groups is 1. The molecule has 0 saturated carbocycles. The van der Waals surface area contributed by atoms with Gasteiger partial charge in [0, 0.05) is 5.41 Å². The van der Waals surface area contributed by atoms with E-state index in [4.69, 9.17) is 0 Å². The number of carbonyl (C=O) groups is 3. The number of aryl methyl sites for hydroxylation is 1. The Bertz CT molecular complexity index is 675. The van der Waals surface area contributed by atoms with Crippen LogP contribution in [0.2, 0.25) is 0 Å². The van der Waals surface area contributed by atoms with Crippen LogP contribution in [-0.2, 0) is 21.5 Å². The van der Waals surface area contributed by atoms with Crippen molar-refractivity contribution in [1.82, 2.24) is 10.2 Å². The number of amides is 3. The zero-order valence-electron chi connectivity index (χ0n) is 13.1. The lowest BCUT2D eigenvalue weighted by Gasteiger charge is -2.23. The van der Waals surface area contributed by atoms with Gasteiger partial charge < -0.3 is 5.32 Å². The Kier molecular flexibility index (Phi) is 3.13. The number of carbonyl (C=O) groups excluding carboxylic acids is 3. The van der Waals surface area contributed by atoms with Crippen molar-refractivity contribution in [3.63, 3.8) is 0 Å². The third-order valence-electron chi connectivity index (χ3n) is 4.56. The normalized spacial score (nSPS) is 23.9. The van der Waals surface area contributed by atoms with Gasteiger partial charge in [0.1, 0.15) is 5.54 Å². The number of rotatable bonds is 2. The van der Waals surface area contributed by atoms with Gasteiger partial charge in [-0.25, -0.2) is 4.79 Å². The molecule has 3 rings (SSSR count). The molecule has 0 unspecified atom stereocenters. The van der Waals surface area contributed by atoms with E-state index in [0.717, 1.165) is 22.4 Å². The molecule has 2 aliphatic rings. The molecule has 1 aromatic carbocycles. The second-order valence-corrected chi connectivity index (χ2v) is 7.06. The van der Waals surface area contributed by atoms with Crippen LogP contribution in [0, 0.1) is 5.41 Å². The number of urea groups is 1. The average molecular weight is 300 g/mol. The molecule has 0 aromatic heterocycles. The van der Waals surface area contributed by atoms with Crippen LogP contribution in [0.5, 0.6) is 0 Å². The van der Waals surface area contributed by atoms with Crippen molar-refractivity contribution in [2.45, 2.75) is 39.2 Å². The Balaban J connectivity index is 1.92. The second-order valence-electron chi connectivity index (χ2n) is 7.06. The van der Waals surface area contributed by atoms with Crippen LogP contribution in [0.15, 0.2) is 24.3 Å². The molecule has 1 fully saturated rings. The van der Waals surface area contributed by atoms with Crippen LogP contribution in [0.3, 0.4) is 0 Å². The van der Waals surface area contributed by atoms with Gasteiger partial charge >= 0.3 is 6.03 Å². The summed E-state index contributed by atoms with van der Waals surface area (Å²) in [6.45, 7) is 5.19. The van der Waals surface area contributed by atoms with Crippen molar-refractivity contribution in [3.8, 4) is 0 Å². The fourth-order valence-electron chi connectivity index (χ4n) is 3.11. The summed E-state index contributed by atoms with van der Waals surface area (Å²) in [7, 11) is 0. The highest BCUT2D eigenvalue weighted by atomic mass is 16.2. The molecule has 5 heteroatoms. The van der Waals surface area contributed by atoms with Gasteiger partial charge in [0.2, 0.25) is 0 Å². The van der Waals surface area contributed by atoms with E-state index in [2.05, 4.69) is 5.32 Å². The smallest absolute Gasteiger partial charge is 0.319 e. The summed E-state index contributed by atoms with van der Waals surface area (Å²) in [5, 5.41) is 2.83. The molecular weight excluding hydrogens is 280 g/mol. The maximum atomic E-state index is 12.9. The minimum absolute atomic E-state index is 0.126. The highest BCUT2D eigenvalue weighted by molar-refractivity contribution is 6.10. The van der Waals surface area contributed by atoms with Crippen LogP contribution in [0.1, 0.15) is 38.3 Å². The summed E-state index contributed by atoms with van der Waals surface area (Å²) in [6.07, 6.45) is 1.31. The van der Waals surface area contributed by atoms with Crippen molar-refractivity contribution in [2.24, 2.45) is 5.41 Å². The van der Waals surface area contributed by atoms with Crippen LogP contribution >= 0.6 is 0 Å². The number of nitrogens with zero attached hydrogens (tertiary/aromatic N) is 1. The second kappa shape index (κ2) is 4.66. The Morgan fingerprint density at radius 2 is 1.95 bits per heavy atom. The molecular formula is C17H20N2O3. The van der Waals surface area contributed by atoms with E-state index in [-0.39, 0.29) is 18.2 Å². The number of fused-ring (bicyclic) bond motifs is 2. The number of benzene rings is 1. The van der Waals surface area contributed by atoms with E-state index in [9.17, 15) is 14.4 Å². The van der Waals surface area contributed by atoms with E-state index >= 15 is 0 Å². The summed E-state index contributed by atoms with van der Waals surface area (Å²) in [4.78, 5) is 38.4. The van der Waals surface area contributed by atoms with Gasteiger partial charge in [-0.2, -0.15) is 0 Å². The van der Waals surface area contributed by atoms with Gasteiger partial charge in [0.05, 0.1) is 6.54 Å². The first-order chi connectivity index (χ1) is 10.3. The minimum atomic E-state index is -0.980. The molecule has 116 valence electrons. The number of ketones is 1. The van der Waals surface area contributed by atoms with Gasteiger partial charge in [-0.15, -0.1) is 0 Å². The fraction of sp³-hybridized carbons (Fsp3) is 0.471. The molecule has 5 nitrogen and oxygen atoms in total. The molecule has 0 radical (unpaired) electrons. The third kappa shape index (κ3) is 2.03. The Hall–Kier alpha value is -2.17. The number of nitrogens with one attached hydrogen (secondary N) is 1. The van der Waals surface area contributed by atoms with Crippen LogP contribution in [0.25, 0.3) is 0 Å². The first-order valence-corrected chi connectivity index (χ1v) is 7.51. The number of Topliss-reactive ketones (excluding diaryl/α,β-unsaturated/α-hetero) is 1. The van der Waals surface area contributed by atoms with Crippen LogP contribution in [-0.4, -0.2) is 29.2 Å². The van der Waals surface area contributed by atoms with Gasteiger partial charge in [-0.3, -0.25) is 14.5 Å². The maximum absolute atomic E-state index is 12.9. The summed E-state index contributed by atoms with van der Waals surface area (Å²) in [6, 6.07) is 7.19. The highest BCUT2D eigenvalue weighted by Crippen LogP contribution is 2.41. The van der Waals surface area contributed by atoms with Crippen molar-refractivity contribution < 1.29 is 14.4 Å². The van der Waals surface area contributed by atoms with E-state index < -0.39 is 17.0 Å². The summed E-state index contributed by atoms with van der Waals surface area (Å²) in [5.41, 5.74) is 0.384. The molecule has 22 heavy (non-hydrogen) atoms. The molecule has 1 atom stereocenters. The average Bonchev–Trinajstić information content (AvgIpc) is 2.93. The van der Waals surface area contributed by atoms with Gasteiger partial charge in [0.15, 0.2) is 5.78 Å². The molecule has 3 amide bonds. The van der Waals surface area contributed by atoms with Crippen LogP contribution in [0.4, 0.5) is 4.79 Å². The van der Waals surface area contributed by atoms with Crippen LogP contribution < -0.4 is 5.32 Å². The summed E-state index contributed by atoms with van der Waals surface area (Å²) >= 11 is 0. The molecule has 0 bridgehead atoms. The predicted octanol–water partition coefficient (Wildman–Crippen LogP) is 2.00. The van der Waals surface area contributed by atoms with Crippen molar-refractivity contribution >= 4 is 17.7 Å². The predicted molar refractivity (Wildman–Crippen MR) is 81.1 cm³/mol. The maximum Gasteiger partial charge on any atom is 0.325 e. The lowest BCUT2D eigenvalue weighted by Crippen LogP contribution is -2.43. The Labute approximate surface area is 129 Å². The topological polar surface area (TPSA) is 66.5 Å². The van der Waals surface area contributed by atoms with Crippen molar-refractivity contribution in [2.75, 3.05) is 6.54 Å². The van der Waals surface area contributed by atoms with Gasteiger partial charge in [-0.05, 0) is 24.0 Å². The minimum Gasteiger partial charge on any atom is -0.319 e. The van der Waals surface area contributed by atoms with E-state index in [1.165, 1.54) is 0 Å². The first kappa shape index (κ1) is 14.8. The fourth-order valence-corrected chi connectivity index (χ4v) is 3.11. The molecule has 1 saturated heterocycles. The molecule has 1 N–H and O–H groups in total. The number of hydrogen-bond donors (Lipinski definition) is 1. The first-order valence-electron chi connectivity index (χ1n) is 7.51. The zero-order valence-corrected chi connectivity index (χ0v) is 13.1. The summed E-state index contributed by atoms with van der Waals surface area (Å²) < 4.78 is 0. The molecule has 1 aliphatic carbocycles.